The molecule has 2 atom stereocenters. The number of nitrogens with zero attached hydrogens (tertiary/aromatic N) is 2. The number of piperidine rings is 1. The average molecular weight is 248 g/mol. The topological polar surface area (TPSA) is 35.6 Å². The van der Waals surface area contributed by atoms with E-state index in [9.17, 15) is 4.79 Å². The summed E-state index contributed by atoms with van der Waals surface area (Å²) in [6, 6.07) is 0.476. The zero-order valence-corrected chi connectivity index (χ0v) is 10.9. The lowest BCUT2D eigenvalue weighted by molar-refractivity contribution is -0.132. The van der Waals surface area contributed by atoms with Gasteiger partial charge in [-0.15, -0.1) is 12.4 Å². The zero-order chi connectivity index (χ0) is 10.8. The van der Waals surface area contributed by atoms with Gasteiger partial charge in [0.05, 0.1) is 6.54 Å². The van der Waals surface area contributed by atoms with Crippen LogP contribution >= 0.6 is 12.4 Å². The molecule has 0 spiro atoms. The Bertz CT molecular complexity index is 249. The molecule has 0 bridgehead atoms. The van der Waals surface area contributed by atoms with Crippen molar-refractivity contribution in [1.29, 1.82) is 0 Å². The van der Waals surface area contributed by atoms with Gasteiger partial charge in [-0.2, -0.15) is 0 Å². The first-order valence-electron chi connectivity index (χ1n) is 5.85. The van der Waals surface area contributed by atoms with Crippen molar-refractivity contribution in [3.05, 3.63) is 0 Å². The van der Waals surface area contributed by atoms with E-state index in [1.165, 1.54) is 19.4 Å². The number of carbonyl (C=O) groups is 1. The highest BCUT2D eigenvalue weighted by Crippen LogP contribution is 2.30. The summed E-state index contributed by atoms with van der Waals surface area (Å²) >= 11 is 0. The second-order valence-electron chi connectivity index (χ2n) is 4.78. The van der Waals surface area contributed by atoms with Crippen LogP contribution in [0.4, 0.5) is 0 Å². The van der Waals surface area contributed by atoms with Crippen molar-refractivity contribution in [2.75, 3.05) is 40.3 Å². The Morgan fingerprint density at radius 2 is 2.06 bits per heavy atom. The van der Waals surface area contributed by atoms with Crippen LogP contribution in [0.25, 0.3) is 0 Å². The fourth-order valence-corrected chi connectivity index (χ4v) is 2.86. The summed E-state index contributed by atoms with van der Waals surface area (Å²) in [5.74, 6) is 1.02. The second kappa shape index (κ2) is 5.84. The lowest BCUT2D eigenvalue weighted by Crippen LogP contribution is -2.50. The SMILES string of the molecule is CNCC(=O)N1CCC2CCN(C)CC21.Cl. The van der Waals surface area contributed by atoms with Crippen LogP contribution in [0.1, 0.15) is 12.8 Å². The Hall–Kier alpha value is -0.320. The van der Waals surface area contributed by atoms with Crippen molar-refractivity contribution >= 4 is 18.3 Å². The smallest absolute Gasteiger partial charge is 0.236 e. The van der Waals surface area contributed by atoms with Gasteiger partial charge in [0.25, 0.3) is 0 Å². The highest BCUT2D eigenvalue weighted by atomic mass is 35.5. The van der Waals surface area contributed by atoms with E-state index in [1.54, 1.807) is 0 Å². The summed E-state index contributed by atoms with van der Waals surface area (Å²) < 4.78 is 0. The minimum absolute atomic E-state index is 0. The standard InChI is InChI=1S/C11H21N3O.ClH/c1-12-7-11(15)14-6-4-9-3-5-13(2)8-10(9)14;/h9-10,12H,3-8H2,1-2H3;1H. The number of likely N-dealkylation sites (N-methyl/N-ethyl adjacent to an activating group) is 2. The lowest BCUT2D eigenvalue weighted by atomic mass is 9.92. The van der Waals surface area contributed by atoms with Gasteiger partial charge >= 0.3 is 0 Å². The number of hydrogen-bond acceptors (Lipinski definition) is 3. The molecule has 2 aliphatic rings. The summed E-state index contributed by atoms with van der Waals surface area (Å²) in [5.41, 5.74) is 0. The summed E-state index contributed by atoms with van der Waals surface area (Å²) in [4.78, 5) is 16.3. The molecule has 0 radical (unpaired) electrons. The van der Waals surface area contributed by atoms with Gasteiger partial charge in [0, 0.05) is 19.1 Å². The molecule has 0 aromatic heterocycles. The van der Waals surface area contributed by atoms with Gasteiger partial charge in [0.15, 0.2) is 0 Å². The van der Waals surface area contributed by atoms with Crippen molar-refractivity contribution in [3.8, 4) is 0 Å². The Balaban J connectivity index is 0.00000128. The molecule has 4 nitrogen and oxygen atoms in total. The fourth-order valence-electron chi connectivity index (χ4n) is 2.86. The van der Waals surface area contributed by atoms with E-state index in [1.807, 2.05) is 7.05 Å². The van der Waals surface area contributed by atoms with Crippen LogP contribution in [-0.2, 0) is 4.79 Å². The Kier molecular flexibility index (Phi) is 5.02. The molecule has 2 rings (SSSR count). The third-order valence-electron chi connectivity index (χ3n) is 3.71. The first-order valence-corrected chi connectivity index (χ1v) is 5.85. The summed E-state index contributed by atoms with van der Waals surface area (Å²) in [6.07, 6.45) is 2.46. The molecule has 1 amide bonds. The molecule has 1 N–H and O–H groups in total. The van der Waals surface area contributed by atoms with E-state index in [4.69, 9.17) is 0 Å². The number of carbonyl (C=O) groups excluding carboxylic acids is 1. The zero-order valence-electron chi connectivity index (χ0n) is 10.1. The Morgan fingerprint density at radius 3 is 2.75 bits per heavy atom. The van der Waals surface area contributed by atoms with E-state index in [2.05, 4.69) is 22.2 Å². The molecular weight excluding hydrogens is 226 g/mol. The molecule has 2 saturated heterocycles. The molecule has 16 heavy (non-hydrogen) atoms. The number of amides is 1. The van der Waals surface area contributed by atoms with Crippen LogP contribution in [0.5, 0.6) is 0 Å². The summed E-state index contributed by atoms with van der Waals surface area (Å²) in [7, 11) is 3.98. The third-order valence-corrected chi connectivity index (χ3v) is 3.71. The summed E-state index contributed by atoms with van der Waals surface area (Å²) in [6.45, 7) is 3.69. The Morgan fingerprint density at radius 1 is 1.38 bits per heavy atom. The quantitative estimate of drug-likeness (QED) is 0.756. The van der Waals surface area contributed by atoms with Crippen LogP contribution in [0.15, 0.2) is 0 Å². The second-order valence-corrected chi connectivity index (χ2v) is 4.78. The van der Waals surface area contributed by atoms with E-state index in [0.29, 0.717) is 12.6 Å². The Labute approximate surface area is 104 Å². The maximum atomic E-state index is 11.9. The first-order chi connectivity index (χ1) is 7.22. The van der Waals surface area contributed by atoms with Gasteiger partial charge in [-0.25, -0.2) is 0 Å². The normalized spacial score (nSPS) is 29.8. The highest BCUT2D eigenvalue weighted by molar-refractivity contribution is 5.85. The fraction of sp³-hybridized carbons (Fsp3) is 0.909. The van der Waals surface area contributed by atoms with E-state index >= 15 is 0 Å². The number of halogens is 1. The molecule has 2 aliphatic heterocycles. The van der Waals surface area contributed by atoms with Gasteiger partial charge in [-0.1, -0.05) is 0 Å². The molecular formula is C11H22ClN3O. The predicted molar refractivity (Wildman–Crippen MR) is 66.9 cm³/mol. The number of nitrogens with one attached hydrogen (secondary N) is 1. The molecule has 5 heteroatoms. The minimum atomic E-state index is 0. The predicted octanol–water partition coefficient (Wildman–Crippen LogP) is 0.180. The van der Waals surface area contributed by atoms with Crippen molar-refractivity contribution in [2.24, 2.45) is 5.92 Å². The van der Waals surface area contributed by atoms with Gasteiger partial charge in [-0.05, 0) is 39.4 Å². The maximum absolute atomic E-state index is 11.9. The molecule has 2 unspecified atom stereocenters. The number of hydrogen-bond donors (Lipinski definition) is 1. The van der Waals surface area contributed by atoms with Crippen LogP contribution in [0.3, 0.4) is 0 Å². The third kappa shape index (κ3) is 2.67. The van der Waals surface area contributed by atoms with E-state index in [0.717, 1.165) is 19.0 Å². The summed E-state index contributed by atoms with van der Waals surface area (Å²) in [5, 5.41) is 2.95. The van der Waals surface area contributed by atoms with Gasteiger partial charge in [-0.3, -0.25) is 4.79 Å². The molecule has 0 saturated carbocycles. The first kappa shape index (κ1) is 13.7. The van der Waals surface area contributed by atoms with Crippen molar-refractivity contribution < 1.29 is 4.79 Å². The van der Waals surface area contributed by atoms with E-state index in [-0.39, 0.29) is 18.3 Å². The van der Waals surface area contributed by atoms with Crippen molar-refractivity contribution in [2.45, 2.75) is 18.9 Å². The molecule has 0 aromatic carbocycles. The number of rotatable bonds is 2. The molecule has 0 aliphatic carbocycles. The van der Waals surface area contributed by atoms with E-state index < -0.39 is 0 Å². The van der Waals surface area contributed by atoms with Gasteiger partial charge in [0.1, 0.15) is 0 Å². The highest BCUT2D eigenvalue weighted by Gasteiger charge is 2.39. The van der Waals surface area contributed by atoms with Crippen LogP contribution in [0, 0.1) is 5.92 Å². The number of fused-ring (bicyclic) bond motifs is 1. The number of likely N-dealkylation sites (tertiary alicyclic amines) is 2. The molecule has 2 heterocycles. The minimum Gasteiger partial charge on any atom is -0.337 e. The molecule has 2 fully saturated rings. The average Bonchev–Trinajstić information content (AvgIpc) is 2.60. The molecule has 0 aromatic rings. The van der Waals surface area contributed by atoms with Gasteiger partial charge in [0.2, 0.25) is 5.91 Å². The monoisotopic (exact) mass is 247 g/mol. The van der Waals surface area contributed by atoms with Crippen LogP contribution in [0.2, 0.25) is 0 Å². The van der Waals surface area contributed by atoms with Gasteiger partial charge < -0.3 is 15.1 Å². The van der Waals surface area contributed by atoms with Crippen LogP contribution in [-0.4, -0.2) is 62.0 Å². The largest absolute Gasteiger partial charge is 0.337 e. The lowest BCUT2D eigenvalue weighted by Gasteiger charge is -2.36. The van der Waals surface area contributed by atoms with Crippen molar-refractivity contribution in [1.82, 2.24) is 15.1 Å². The van der Waals surface area contributed by atoms with Crippen LogP contribution < -0.4 is 5.32 Å². The molecule has 94 valence electrons. The van der Waals surface area contributed by atoms with Crippen molar-refractivity contribution in [3.63, 3.8) is 0 Å². The maximum Gasteiger partial charge on any atom is 0.236 e.